The number of nitrogens with zero attached hydrogens (tertiary/aromatic N) is 4. The smallest absolute Gasteiger partial charge is 0.278 e. The fraction of sp³-hybridized carbons (Fsp3) is 0.250. The van der Waals surface area contributed by atoms with Crippen LogP contribution in [0.3, 0.4) is 0 Å². The van der Waals surface area contributed by atoms with E-state index in [9.17, 15) is 19.1 Å². The third-order valence-corrected chi connectivity index (χ3v) is 4.99. The van der Waals surface area contributed by atoms with Gasteiger partial charge in [0.2, 0.25) is 5.43 Å². The van der Waals surface area contributed by atoms with Gasteiger partial charge < -0.3 is 14.5 Å². The van der Waals surface area contributed by atoms with Crippen molar-refractivity contribution in [3.8, 4) is 5.75 Å². The minimum Gasteiger partial charge on any atom is -0.502 e. The minimum absolute atomic E-state index is 0.113. The van der Waals surface area contributed by atoms with Gasteiger partial charge in [0.1, 0.15) is 18.2 Å². The van der Waals surface area contributed by atoms with Crippen molar-refractivity contribution in [2.45, 2.75) is 26.9 Å². The van der Waals surface area contributed by atoms with E-state index in [1.54, 1.807) is 24.1 Å². The lowest BCUT2D eigenvalue weighted by Gasteiger charge is -2.39. The van der Waals surface area contributed by atoms with E-state index in [4.69, 9.17) is 4.52 Å². The van der Waals surface area contributed by atoms with Crippen LogP contribution >= 0.6 is 0 Å². The molecule has 0 aliphatic carbocycles. The Morgan fingerprint density at radius 1 is 1.14 bits per heavy atom. The fourth-order valence-electron chi connectivity index (χ4n) is 3.40. The number of hydrogen-bond acceptors (Lipinski definition) is 6. The van der Waals surface area contributed by atoms with Crippen molar-refractivity contribution in [1.29, 1.82) is 0 Å². The van der Waals surface area contributed by atoms with E-state index in [2.05, 4.69) is 5.16 Å². The maximum Gasteiger partial charge on any atom is 0.278 e. The fourth-order valence-corrected chi connectivity index (χ4v) is 3.40. The highest BCUT2D eigenvalue weighted by Crippen LogP contribution is 2.24. The summed E-state index contributed by atoms with van der Waals surface area (Å²) in [5.74, 6) is -0.811. The zero-order valence-electron chi connectivity index (χ0n) is 15.9. The Balaban J connectivity index is 1.74. The minimum atomic E-state index is -0.634. The summed E-state index contributed by atoms with van der Waals surface area (Å²) in [6, 6.07) is 7.03. The zero-order valence-corrected chi connectivity index (χ0v) is 15.9. The molecular weight excluding hydrogens is 379 g/mol. The Bertz CT molecular complexity index is 1120. The second-order valence-corrected chi connectivity index (χ2v) is 6.96. The monoisotopic (exact) mass is 398 g/mol. The quantitative estimate of drug-likeness (QED) is 0.723. The van der Waals surface area contributed by atoms with Gasteiger partial charge >= 0.3 is 0 Å². The van der Waals surface area contributed by atoms with Crippen LogP contribution in [0.5, 0.6) is 5.75 Å². The Morgan fingerprint density at radius 2 is 1.86 bits per heavy atom. The van der Waals surface area contributed by atoms with Crippen LogP contribution in [0.25, 0.3) is 0 Å². The molecule has 1 aromatic carbocycles. The van der Waals surface area contributed by atoms with E-state index in [1.807, 2.05) is 6.92 Å². The average molecular weight is 398 g/mol. The van der Waals surface area contributed by atoms with Crippen LogP contribution in [-0.4, -0.2) is 32.4 Å². The number of halogens is 1. The van der Waals surface area contributed by atoms with Gasteiger partial charge in [0.05, 0.1) is 12.2 Å². The van der Waals surface area contributed by atoms with Crippen LogP contribution < -0.4 is 10.4 Å². The van der Waals surface area contributed by atoms with E-state index in [0.29, 0.717) is 12.3 Å². The maximum atomic E-state index is 13.2. The molecule has 1 aliphatic heterocycles. The SMILES string of the molecule is Cc1noc(C)c1CN1CN(Cc2ccc(F)cc2)C(=O)c2c(O)c(=O)ccn21. The van der Waals surface area contributed by atoms with Gasteiger partial charge in [-0.05, 0) is 31.5 Å². The van der Waals surface area contributed by atoms with E-state index in [1.165, 1.54) is 34.0 Å². The molecule has 0 radical (unpaired) electrons. The molecule has 4 rings (SSSR count). The molecular formula is C20H19FN4O4. The third kappa shape index (κ3) is 3.35. The van der Waals surface area contributed by atoms with Crippen LogP contribution in [0, 0.1) is 19.7 Å². The number of rotatable bonds is 4. The van der Waals surface area contributed by atoms with E-state index in [-0.39, 0.29) is 24.7 Å². The predicted molar refractivity (Wildman–Crippen MR) is 101 cm³/mol. The predicted octanol–water partition coefficient (Wildman–Crippen LogP) is 2.05. The van der Waals surface area contributed by atoms with E-state index in [0.717, 1.165) is 16.8 Å². The number of amides is 1. The molecule has 1 amide bonds. The van der Waals surface area contributed by atoms with Crippen LogP contribution in [-0.2, 0) is 13.1 Å². The highest BCUT2D eigenvalue weighted by atomic mass is 19.1. The highest BCUT2D eigenvalue weighted by molar-refractivity contribution is 5.96. The lowest BCUT2D eigenvalue weighted by Crippen LogP contribution is -2.53. The molecule has 9 heteroatoms. The summed E-state index contributed by atoms with van der Waals surface area (Å²) < 4.78 is 19.9. The first-order chi connectivity index (χ1) is 13.8. The molecule has 3 aromatic rings. The summed E-state index contributed by atoms with van der Waals surface area (Å²) in [6.07, 6.45) is 1.46. The van der Waals surface area contributed by atoms with Crippen LogP contribution in [0.15, 0.2) is 45.8 Å². The van der Waals surface area contributed by atoms with Crippen LogP contribution in [0.1, 0.15) is 33.1 Å². The Morgan fingerprint density at radius 3 is 2.52 bits per heavy atom. The molecule has 150 valence electrons. The summed E-state index contributed by atoms with van der Waals surface area (Å²) in [5.41, 5.74) is 1.55. The van der Waals surface area contributed by atoms with Crippen molar-refractivity contribution in [2.75, 3.05) is 11.7 Å². The van der Waals surface area contributed by atoms with Crippen molar-refractivity contribution in [2.24, 2.45) is 0 Å². The molecule has 8 nitrogen and oxygen atoms in total. The van der Waals surface area contributed by atoms with Gasteiger partial charge in [-0.25, -0.2) is 4.39 Å². The number of pyridine rings is 1. The van der Waals surface area contributed by atoms with Gasteiger partial charge in [-0.1, -0.05) is 17.3 Å². The van der Waals surface area contributed by atoms with Crippen molar-refractivity contribution in [3.63, 3.8) is 0 Å². The first-order valence-electron chi connectivity index (χ1n) is 9.00. The number of aryl methyl sites for hydroxylation is 2. The number of carbonyl (C=O) groups excluding carboxylic acids is 1. The van der Waals surface area contributed by atoms with Crippen LogP contribution in [0.2, 0.25) is 0 Å². The standard InChI is InChI=1S/C20H19FN4O4/c1-12-16(13(2)29-22-12)10-24-11-23(9-14-3-5-15(21)6-4-14)20(28)18-19(27)17(26)7-8-25(18)24/h3-8,27H,9-11H2,1-2H3. The number of aromatic nitrogens is 2. The molecule has 0 fully saturated rings. The normalized spacial score (nSPS) is 13.7. The first-order valence-corrected chi connectivity index (χ1v) is 9.00. The third-order valence-electron chi connectivity index (χ3n) is 4.99. The molecule has 3 heterocycles. The topological polar surface area (TPSA) is 91.8 Å². The molecule has 0 spiro atoms. The summed E-state index contributed by atoms with van der Waals surface area (Å²) in [6.45, 7) is 4.35. The van der Waals surface area contributed by atoms with Crippen molar-refractivity contribution in [1.82, 2.24) is 14.7 Å². The average Bonchev–Trinajstić information content (AvgIpc) is 3.01. The largest absolute Gasteiger partial charge is 0.502 e. The summed E-state index contributed by atoms with van der Waals surface area (Å²) in [4.78, 5) is 26.5. The number of carbonyl (C=O) groups is 1. The van der Waals surface area contributed by atoms with Gasteiger partial charge in [-0.15, -0.1) is 0 Å². The summed E-state index contributed by atoms with van der Waals surface area (Å²) >= 11 is 0. The molecule has 0 unspecified atom stereocenters. The molecule has 0 saturated carbocycles. The van der Waals surface area contributed by atoms with Crippen molar-refractivity contribution >= 4 is 5.91 Å². The maximum absolute atomic E-state index is 13.2. The molecule has 0 atom stereocenters. The second-order valence-electron chi connectivity index (χ2n) is 6.96. The Kier molecular flexibility index (Phi) is 4.57. The highest BCUT2D eigenvalue weighted by Gasteiger charge is 2.33. The molecule has 1 N–H and O–H groups in total. The number of fused-ring (bicyclic) bond motifs is 1. The molecule has 2 aromatic heterocycles. The van der Waals surface area contributed by atoms with Gasteiger partial charge in [-0.3, -0.25) is 19.3 Å². The lowest BCUT2D eigenvalue weighted by atomic mass is 10.1. The number of hydrogen-bond donors (Lipinski definition) is 1. The van der Waals surface area contributed by atoms with E-state index >= 15 is 0 Å². The molecule has 1 aliphatic rings. The van der Waals surface area contributed by atoms with Crippen molar-refractivity contribution < 1.29 is 18.8 Å². The van der Waals surface area contributed by atoms with Gasteiger partial charge in [0.25, 0.3) is 5.91 Å². The van der Waals surface area contributed by atoms with Crippen LogP contribution in [0.4, 0.5) is 4.39 Å². The first kappa shape index (κ1) is 18.7. The zero-order chi connectivity index (χ0) is 20.7. The van der Waals surface area contributed by atoms with E-state index < -0.39 is 17.1 Å². The number of aromatic hydroxyl groups is 1. The van der Waals surface area contributed by atoms with Gasteiger partial charge in [0.15, 0.2) is 11.4 Å². The summed E-state index contributed by atoms with van der Waals surface area (Å²) in [5, 5.41) is 16.0. The molecule has 29 heavy (non-hydrogen) atoms. The Labute approximate surface area is 165 Å². The van der Waals surface area contributed by atoms with Gasteiger partial charge in [0, 0.05) is 24.4 Å². The number of benzene rings is 1. The molecule has 0 saturated heterocycles. The summed E-state index contributed by atoms with van der Waals surface area (Å²) in [7, 11) is 0. The lowest BCUT2D eigenvalue weighted by molar-refractivity contribution is 0.0670. The Hall–Kier alpha value is -3.62. The van der Waals surface area contributed by atoms with Gasteiger partial charge in [-0.2, -0.15) is 0 Å². The second kappa shape index (κ2) is 7.08. The molecule has 0 bridgehead atoms. The van der Waals surface area contributed by atoms with Crippen molar-refractivity contribution in [3.05, 3.63) is 80.8 Å².